The summed E-state index contributed by atoms with van der Waals surface area (Å²) in [4.78, 5) is 29.3. The minimum atomic E-state index is -5.15. The van der Waals surface area contributed by atoms with E-state index in [1.807, 2.05) is 22.6 Å². The molecule has 1 aromatic carbocycles. The monoisotopic (exact) mass is 552 g/mol. The number of hydrogen-bond donors (Lipinski definition) is 2. The van der Waals surface area contributed by atoms with Gasteiger partial charge in [-0.15, -0.1) is 0 Å². The molecular weight excluding hydrogens is 536 g/mol. The standard InChI is InChI=1S/C19H17ClF3IN4O2/c20-12-1-4-16(26-10-12)28(18(30)19(21,22)23)15-9-13(24)2-3-14(15)27-17(29)11-5-7-25-8-6-11/h1-4,9-11,25H,5-8H2,(H,27,29). The number of aromatic nitrogens is 1. The van der Waals surface area contributed by atoms with Gasteiger partial charge in [-0.3, -0.25) is 14.5 Å². The zero-order valence-electron chi connectivity index (χ0n) is 15.5. The zero-order chi connectivity index (χ0) is 21.9. The quantitative estimate of drug-likeness (QED) is 0.548. The van der Waals surface area contributed by atoms with Crippen molar-refractivity contribution < 1.29 is 22.8 Å². The zero-order valence-corrected chi connectivity index (χ0v) is 18.4. The van der Waals surface area contributed by atoms with Crippen molar-refractivity contribution in [2.75, 3.05) is 23.3 Å². The summed E-state index contributed by atoms with van der Waals surface area (Å²) in [5.74, 6) is -2.96. The number of piperidine rings is 1. The van der Waals surface area contributed by atoms with Crippen LogP contribution in [0.25, 0.3) is 0 Å². The summed E-state index contributed by atoms with van der Waals surface area (Å²) >= 11 is 7.71. The number of nitrogens with one attached hydrogen (secondary N) is 2. The lowest BCUT2D eigenvalue weighted by Gasteiger charge is -2.27. The molecule has 30 heavy (non-hydrogen) atoms. The highest BCUT2D eigenvalue weighted by atomic mass is 127. The maximum Gasteiger partial charge on any atom is 0.472 e. The van der Waals surface area contributed by atoms with Crippen molar-refractivity contribution in [2.24, 2.45) is 5.92 Å². The maximum atomic E-state index is 13.4. The molecule has 0 bridgehead atoms. The van der Waals surface area contributed by atoms with Gasteiger partial charge in [0.05, 0.1) is 16.4 Å². The lowest BCUT2D eigenvalue weighted by Crippen LogP contribution is -2.39. The van der Waals surface area contributed by atoms with Crippen LogP contribution >= 0.6 is 34.2 Å². The summed E-state index contributed by atoms with van der Waals surface area (Å²) in [6, 6.07) is 7.04. The molecule has 3 rings (SSSR count). The number of halogens is 5. The van der Waals surface area contributed by atoms with Crippen LogP contribution in [0.3, 0.4) is 0 Å². The molecular formula is C19H17ClF3IN4O2. The Kier molecular flexibility index (Phi) is 7.19. The molecule has 1 aliphatic rings. The molecule has 2 amide bonds. The second-order valence-corrected chi connectivity index (χ2v) is 8.33. The molecule has 2 aromatic rings. The smallest absolute Gasteiger partial charge is 0.324 e. The second kappa shape index (κ2) is 9.48. The number of carbonyl (C=O) groups is 2. The van der Waals surface area contributed by atoms with E-state index in [2.05, 4.69) is 15.6 Å². The van der Waals surface area contributed by atoms with Crippen LogP contribution < -0.4 is 15.5 Å². The third-order valence-corrected chi connectivity index (χ3v) is 5.45. The first-order valence-corrected chi connectivity index (χ1v) is 10.5. The van der Waals surface area contributed by atoms with Crippen LogP contribution in [0.2, 0.25) is 5.02 Å². The molecule has 11 heteroatoms. The Morgan fingerprint density at radius 3 is 2.50 bits per heavy atom. The molecule has 2 heterocycles. The minimum Gasteiger partial charge on any atom is -0.324 e. The van der Waals surface area contributed by atoms with Crippen molar-refractivity contribution in [1.82, 2.24) is 10.3 Å². The first kappa shape index (κ1) is 22.8. The number of carbonyl (C=O) groups excluding carboxylic acids is 2. The van der Waals surface area contributed by atoms with E-state index in [1.165, 1.54) is 24.3 Å². The van der Waals surface area contributed by atoms with Crippen LogP contribution in [0, 0.1) is 9.49 Å². The van der Waals surface area contributed by atoms with Gasteiger partial charge in [0.2, 0.25) is 5.91 Å². The second-order valence-electron chi connectivity index (χ2n) is 6.65. The molecule has 0 saturated carbocycles. The average molecular weight is 553 g/mol. The molecule has 6 nitrogen and oxygen atoms in total. The fourth-order valence-electron chi connectivity index (χ4n) is 3.08. The van der Waals surface area contributed by atoms with E-state index in [-0.39, 0.29) is 34.0 Å². The summed E-state index contributed by atoms with van der Waals surface area (Å²) in [5, 5.41) is 6.05. The topological polar surface area (TPSA) is 74.3 Å². The fraction of sp³-hybridized carbons (Fsp3) is 0.316. The number of hydrogen-bond acceptors (Lipinski definition) is 4. The van der Waals surface area contributed by atoms with E-state index in [9.17, 15) is 22.8 Å². The minimum absolute atomic E-state index is 0.0910. The number of pyridine rings is 1. The molecule has 0 aliphatic carbocycles. The van der Waals surface area contributed by atoms with Gasteiger partial charge in [0, 0.05) is 15.7 Å². The van der Waals surface area contributed by atoms with E-state index in [0.29, 0.717) is 34.4 Å². The molecule has 160 valence electrons. The molecule has 1 fully saturated rings. The Labute approximate surface area is 189 Å². The van der Waals surface area contributed by atoms with Gasteiger partial charge in [0.25, 0.3) is 0 Å². The van der Waals surface area contributed by atoms with E-state index in [4.69, 9.17) is 11.6 Å². The SMILES string of the molecule is O=C(Nc1ccc(I)cc1N(C(=O)C(F)(F)F)c1ccc(Cl)cn1)C1CCNCC1. The predicted octanol–water partition coefficient (Wildman–Crippen LogP) is 4.50. The number of amides is 2. The summed E-state index contributed by atoms with van der Waals surface area (Å²) < 4.78 is 40.8. The highest BCUT2D eigenvalue weighted by molar-refractivity contribution is 14.1. The van der Waals surface area contributed by atoms with E-state index in [0.717, 1.165) is 6.20 Å². The van der Waals surface area contributed by atoms with Crippen LogP contribution in [0.5, 0.6) is 0 Å². The van der Waals surface area contributed by atoms with Gasteiger partial charge in [-0.2, -0.15) is 13.2 Å². The Morgan fingerprint density at radius 2 is 1.90 bits per heavy atom. The van der Waals surface area contributed by atoms with Gasteiger partial charge in [0.15, 0.2) is 0 Å². The van der Waals surface area contributed by atoms with Crippen LogP contribution in [0.4, 0.5) is 30.4 Å². The summed E-state index contributed by atoms with van der Waals surface area (Å²) in [7, 11) is 0. The van der Waals surface area contributed by atoms with Gasteiger partial charge < -0.3 is 10.6 Å². The van der Waals surface area contributed by atoms with Crippen LogP contribution in [-0.4, -0.2) is 36.1 Å². The van der Waals surface area contributed by atoms with Crippen molar-refractivity contribution in [3.05, 3.63) is 45.1 Å². The molecule has 2 N–H and O–H groups in total. The first-order valence-electron chi connectivity index (χ1n) is 9.01. The lowest BCUT2D eigenvalue weighted by atomic mass is 9.97. The third-order valence-electron chi connectivity index (χ3n) is 4.55. The summed E-state index contributed by atoms with van der Waals surface area (Å²) in [6.07, 6.45) is -2.77. The third kappa shape index (κ3) is 5.41. The molecule has 0 atom stereocenters. The highest BCUT2D eigenvalue weighted by Crippen LogP contribution is 2.37. The molecule has 1 aliphatic heterocycles. The molecule has 1 saturated heterocycles. The van der Waals surface area contributed by atoms with Crippen molar-refractivity contribution in [3.8, 4) is 0 Å². The Morgan fingerprint density at radius 1 is 1.20 bits per heavy atom. The number of alkyl halides is 3. The summed E-state index contributed by atoms with van der Waals surface area (Å²) in [5.41, 5.74) is -0.0327. The van der Waals surface area contributed by atoms with E-state index >= 15 is 0 Å². The van der Waals surface area contributed by atoms with Crippen molar-refractivity contribution >= 4 is 63.2 Å². The first-order chi connectivity index (χ1) is 14.2. The van der Waals surface area contributed by atoms with Crippen molar-refractivity contribution in [2.45, 2.75) is 19.0 Å². The van der Waals surface area contributed by atoms with Gasteiger partial charge in [-0.1, -0.05) is 11.6 Å². The van der Waals surface area contributed by atoms with E-state index < -0.39 is 12.1 Å². The molecule has 1 aromatic heterocycles. The fourth-order valence-corrected chi connectivity index (χ4v) is 3.66. The van der Waals surface area contributed by atoms with Gasteiger partial charge in [-0.25, -0.2) is 4.98 Å². The molecule has 0 unspecified atom stereocenters. The van der Waals surface area contributed by atoms with Gasteiger partial charge in [-0.05, 0) is 78.9 Å². The van der Waals surface area contributed by atoms with Crippen LogP contribution in [0.1, 0.15) is 12.8 Å². The van der Waals surface area contributed by atoms with Gasteiger partial charge in [0.1, 0.15) is 5.82 Å². The lowest BCUT2D eigenvalue weighted by molar-refractivity contribution is -0.169. The molecule has 0 spiro atoms. The van der Waals surface area contributed by atoms with Gasteiger partial charge >= 0.3 is 12.1 Å². The number of anilines is 3. The Balaban J connectivity index is 2.04. The highest BCUT2D eigenvalue weighted by Gasteiger charge is 2.45. The summed E-state index contributed by atoms with van der Waals surface area (Å²) in [6.45, 7) is 1.37. The Hall–Kier alpha value is -1.92. The largest absolute Gasteiger partial charge is 0.472 e. The molecule has 0 radical (unpaired) electrons. The Bertz CT molecular complexity index is 934. The number of nitrogens with zero attached hydrogens (tertiary/aromatic N) is 2. The van der Waals surface area contributed by atoms with Crippen molar-refractivity contribution in [1.29, 1.82) is 0 Å². The predicted molar refractivity (Wildman–Crippen MR) is 116 cm³/mol. The maximum absolute atomic E-state index is 13.4. The van der Waals surface area contributed by atoms with Crippen LogP contribution in [-0.2, 0) is 9.59 Å². The number of rotatable bonds is 4. The number of benzene rings is 1. The average Bonchev–Trinajstić information content (AvgIpc) is 2.71. The van der Waals surface area contributed by atoms with Crippen LogP contribution in [0.15, 0.2) is 36.5 Å². The van der Waals surface area contributed by atoms with E-state index in [1.54, 1.807) is 6.07 Å². The van der Waals surface area contributed by atoms with Crippen molar-refractivity contribution in [3.63, 3.8) is 0 Å². The normalized spacial score (nSPS) is 15.0.